The number of benzene rings is 5. The maximum Gasteiger partial charge on any atom is 1.00 e. The molecule has 0 heterocycles. The van der Waals surface area contributed by atoms with Crippen molar-refractivity contribution in [2.75, 3.05) is 5.73 Å². The van der Waals surface area contributed by atoms with E-state index in [0.717, 1.165) is 6.07 Å². The van der Waals surface area contributed by atoms with E-state index in [1.165, 1.54) is 24.3 Å². The molecule has 13 nitrogen and oxygen atoms in total. The summed E-state index contributed by atoms with van der Waals surface area (Å²) in [5.74, 6) is -0.539. The smallest absolute Gasteiger partial charge is 0.870 e. The Labute approximate surface area is 322 Å². The quantitative estimate of drug-likeness (QED) is 0.102. The Hall–Kier alpha value is -2.64. The summed E-state index contributed by atoms with van der Waals surface area (Å²) < 4.78 is 77.0. The normalized spacial score (nSPS) is 11.8. The SMILES string of the molecule is Nc1c(N=Nc2cc(Cl)ccc2Cl)c(S(=O)(=O)[O-])cc2cc(S(=O)(=O)O)c(N=Nc3ccccc3Oc3ccccc3)c([O-])c12.[Na+].[Na+]. The van der Waals surface area contributed by atoms with Crippen LogP contribution in [0.3, 0.4) is 0 Å². The molecule has 0 aliphatic rings. The molecule has 3 N–H and O–H groups in total. The van der Waals surface area contributed by atoms with Gasteiger partial charge in [-0.15, -0.1) is 20.5 Å². The predicted molar refractivity (Wildman–Crippen MR) is 163 cm³/mol. The number of hydrogen-bond donors (Lipinski definition) is 2. The summed E-state index contributed by atoms with van der Waals surface area (Å²) in [6.45, 7) is 0. The Bertz CT molecular complexity index is 2260. The Morgan fingerprint density at radius 2 is 1.34 bits per heavy atom. The molecule has 5 aromatic rings. The molecule has 0 unspecified atom stereocenters. The van der Waals surface area contributed by atoms with Gasteiger partial charge in [0.05, 0.1) is 21.3 Å². The van der Waals surface area contributed by atoms with Crippen LogP contribution in [0.5, 0.6) is 17.2 Å². The zero-order chi connectivity index (χ0) is 32.5. The molecule has 0 fully saturated rings. The van der Waals surface area contributed by atoms with Crippen molar-refractivity contribution in [1.29, 1.82) is 0 Å². The fraction of sp³-hybridized carbons (Fsp3) is 0. The van der Waals surface area contributed by atoms with E-state index in [1.807, 2.05) is 0 Å². The van der Waals surface area contributed by atoms with E-state index in [-0.39, 0.29) is 86.3 Å². The first-order chi connectivity index (χ1) is 21.2. The van der Waals surface area contributed by atoms with Gasteiger partial charge in [-0.2, -0.15) is 8.42 Å². The zero-order valence-corrected chi connectivity index (χ0v) is 31.5. The molecule has 0 spiro atoms. The van der Waals surface area contributed by atoms with Crippen molar-refractivity contribution >= 4 is 82.6 Å². The van der Waals surface area contributed by atoms with E-state index in [0.29, 0.717) is 11.8 Å². The second kappa shape index (κ2) is 15.7. The van der Waals surface area contributed by atoms with Crippen LogP contribution in [0, 0.1) is 0 Å². The van der Waals surface area contributed by atoms with E-state index in [9.17, 15) is 31.0 Å². The number of azo groups is 2. The first-order valence-electron chi connectivity index (χ1n) is 12.4. The maximum atomic E-state index is 13.7. The number of fused-ring (bicyclic) bond motifs is 1. The molecular weight excluding hydrogens is 715 g/mol. The van der Waals surface area contributed by atoms with E-state index in [4.69, 9.17) is 33.7 Å². The third-order valence-corrected chi connectivity index (χ3v) is 8.37. The fourth-order valence-electron chi connectivity index (χ4n) is 4.09. The van der Waals surface area contributed by atoms with Gasteiger partial charge in [-0.3, -0.25) is 4.55 Å². The molecule has 230 valence electrons. The maximum absolute atomic E-state index is 13.7. The van der Waals surface area contributed by atoms with Gasteiger partial charge >= 0.3 is 59.1 Å². The van der Waals surface area contributed by atoms with Crippen LogP contribution in [-0.2, 0) is 20.2 Å². The van der Waals surface area contributed by atoms with Crippen molar-refractivity contribution in [3.8, 4) is 17.2 Å². The van der Waals surface area contributed by atoms with Crippen LogP contribution in [-0.4, -0.2) is 25.9 Å². The number of nitrogens with zero attached hydrogens (tertiary/aromatic N) is 4. The molecule has 0 aromatic heterocycles. The average molecular weight is 732 g/mol. The fourth-order valence-corrected chi connectivity index (χ4v) is 5.73. The van der Waals surface area contributed by atoms with Crippen LogP contribution in [0.4, 0.5) is 28.4 Å². The molecule has 47 heavy (non-hydrogen) atoms. The van der Waals surface area contributed by atoms with Gasteiger partial charge in [-0.1, -0.05) is 59.3 Å². The van der Waals surface area contributed by atoms with Crippen LogP contribution >= 0.6 is 23.2 Å². The molecule has 0 amide bonds. The monoisotopic (exact) mass is 731 g/mol. The van der Waals surface area contributed by atoms with Crippen LogP contribution in [0.2, 0.25) is 10.0 Å². The summed E-state index contributed by atoms with van der Waals surface area (Å²) in [6, 6.07) is 20.4. The summed E-state index contributed by atoms with van der Waals surface area (Å²) >= 11 is 12.0. The van der Waals surface area contributed by atoms with Gasteiger partial charge in [0, 0.05) is 10.4 Å². The first kappa shape index (κ1) is 38.8. The second-order valence-corrected chi connectivity index (χ2v) is 12.7. The van der Waals surface area contributed by atoms with E-state index in [2.05, 4.69) is 20.5 Å². The standard InChI is InChI=1S/C28H19Cl2N5O8S2.2Na/c29-16-10-11-18(30)20(14-16)33-34-26-22(44(37,38)39)12-15-13-23(45(40,41)42)27(28(36)24(15)25(26)31)35-32-19-8-4-5-9-21(19)43-17-6-2-1-3-7-17;;/h1-14,36H,31H2,(H,37,38,39)(H,40,41,42);;/q;2*+1/p-2. The third kappa shape index (κ3) is 8.89. The van der Waals surface area contributed by atoms with Crippen LogP contribution < -0.4 is 74.7 Å². The molecule has 0 radical (unpaired) electrons. The zero-order valence-electron chi connectivity index (χ0n) is 24.3. The molecule has 0 aliphatic carbocycles. The predicted octanol–water partition coefficient (Wildman–Crippen LogP) is 1.58. The number of nitrogens with two attached hydrogens (primary N) is 1. The van der Waals surface area contributed by atoms with Gasteiger partial charge in [0.2, 0.25) is 0 Å². The molecule has 0 aliphatic heterocycles. The molecule has 0 saturated heterocycles. The Morgan fingerprint density at radius 1 is 0.745 bits per heavy atom. The number of nitrogen functional groups attached to an aromatic ring is 1. The average Bonchev–Trinajstić information content (AvgIpc) is 2.97. The van der Waals surface area contributed by atoms with E-state index < -0.39 is 63.6 Å². The minimum atomic E-state index is -5.33. The molecule has 5 aromatic carbocycles. The van der Waals surface area contributed by atoms with Gasteiger partial charge in [-0.25, -0.2) is 8.42 Å². The summed E-state index contributed by atoms with van der Waals surface area (Å²) in [7, 11) is -10.5. The van der Waals surface area contributed by atoms with Crippen molar-refractivity contribution in [3.05, 3.63) is 95.0 Å². The van der Waals surface area contributed by atoms with Crippen molar-refractivity contribution in [3.63, 3.8) is 0 Å². The second-order valence-electron chi connectivity index (χ2n) is 9.10. The minimum absolute atomic E-state index is 0. The van der Waals surface area contributed by atoms with Crippen molar-refractivity contribution in [2.24, 2.45) is 20.5 Å². The number of ether oxygens (including phenoxy) is 1. The number of anilines is 1. The molecule has 5 rings (SSSR count). The van der Waals surface area contributed by atoms with Gasteiger partial charge in [0.1, 0.15) is 37.8 Å². The van der Waals surface area contributed by atoms with Crippen LogP contribution in [0.1, 0.15) is 0 Å². The van der Waals surface area contributed by atoms with Gasteiger partial charge < -0.3 is 20.1 Å². The number of hydrogen-bond acceptors (Lipinski definition) is 12. The van der Waals surface area contributed by atoms with Gasteiger partial charge in [-0.05, 0) is 60.0 Å². The largest absolute Gasteiger partial charge is 1.00 e. The number of halogens is 2. The van der Waals surface area contributed by atoms with Crippen LogP contribution in [0.15, 0.2) is 115 Å². The summed E-state index contributed by atoms with van der Waals surface area (Å²) in [4.78, 5) is -2.06. The number of rotatable bonds is 8. The molecular formula is C28H17Cl2N5Na2O8S2. The summed E-state index contributed by atoms with van der Waals surface area (Å²) in [6.07, 6.45) is 0. The molecule has 19 heteroatoms. The molecule has 0 bridgehead atoms. The van der Waals surface area contributed by atoms with Gasteiger partial charge in [0.25, 0.3) is 10.1 Å². The Morgan fingerprint density at radius 3 is 2.00 bits per heavy atom. The van der Waals surface area contributed by atoms with E-state index >= 15 is 0 Å². The van der Waals surface area contributed by atoms with Crippen molar-refractivity contribution in [1.82, 2.24) is 0 Å². The van der Waals surface area contributed by atoms with Gasteiger partial charge in [0.15, 0.2) is 5.75 Å². The van der Waals surface area contributed by atoms with Crippen molar-refractivity contribution < 1.29 is 94.9 Å². The molecule has 0 atom stereocenters. The van der Waals surface area contributed by atoms with E-state index in [1.54, 1.807) is 48.5 Å². The minimum Gasteiger partial charge on any atom is -0.870 e. The topological polar surface area (TPSA) is 219 Å². The Balaban J connectivity index is 0.00000300. The third-order valence-electron chi connectivity index (χ3n) is 6.10. The summed E-state index contributed by atoms with van der Waals surface area (Å²) in [5.41, 5.74) is 3.98. The first-order valence-corrected chi connectivity index (χ1v) is 16.0. The Kier molecular flexibility index (Phi) is 13.0. The van der Waals surface area contributed by atoms with Crippen LogP contribution in [0.25, 0.3) is 10.8 Å². The van der Waals surface area contributed by atoms with Crippen molar-refractivity contribution in [2.45, 2.75) is 9.79 Å². The molecule has 0 saturated carbocycles. The number of para-hydroxylation sites is 2. The summed E-state index contributed by atoms with van der Waals surface area (Å²) in [5, 5.41) is 28.5.